The van der Waals surface area contributed by atoms with Crippen LogP contribution in [0.1, 0.15) is 0 Å². The van der Waals surface area contributed by atoms with Gasteiger partial charge in [0, 0.05) is 24.4 Å². The Morgan fingerprint density at radius 3 is 2.38 bits per heavy atom. The van der Waals surface area contributed by atoms with Crippen molar-refractivity contribution in [2.24, 2.45) is 0 Å². The van der Waals surface area contributed by atoms with Crippen LogP contribution in [0, 0.1) is 0 Å². The number of aromatic nitrogens is 2. The smallest absolute Gasteiger partial charge is 0.229 e. The van der Waals surface area contributed by atoms with E-state index in [1.807, 2.05) is 53.5 Å². The molecule has 0 aliphatic heterocycles. The number of hydrogen-bond acceptors (Lipinski definition) is 1. The highest BCUT2D eigenvalue weighted by Crippen LogP contribution is 1.93. The van der Waals surface area contributed by atoms with Crippen molar-refractivity contribution in [2.45, 2.75) is 0 Å². The minimum absolute atomic E-state index is 0. The lowest BCUT2D eigenvalue weighted by Gasteiger charge is -1.91. The molecule has 0 bridgehead atoms. The van der Waals surface area contributed by atoms with Crippen molar-refractivity contribution in [3.8, 4) is 5.69 Å². The van der Waals surface area contributed by atoms with Crippen molar-refractivity contribution in [1.29, 1.82) is 0 Å². The monoisotopic (exact) mass is 284 g/mol. The van der Waals surface area contributed by atoms with E-state index >= 15 is 0 Å². The van der Waals surface area contributed by atoms with E-state index < -0.39 is 0 Å². The third-order valence-corrected chi connectivity index (χ3v) is 1.66. The molecule has 0 fully saturated rings. The van der Waals surface area contributed by atoms with E-state index in [1.165, 1.54) is 0 Å². The molecule has 3 heteroatoms. The van der Waals surface area contributed by atoms with Crippen LogP contribution in [0.5, 0.6) is 0 Å². The van der Waals surface area contributed by atoms with Gasteiger partial charge in [0.1, 0.15) is 0 Å². The molecular weight excluding hydrogens is 275 g/mol. The average molecular weight is 284 g/mol. The van der Waals surface area contributed by atoms with Crippen LogP contribution in [-0.2, 0) is 0 Å². The molecule has 0 radical (unpaired) electrons. The van der Waals surface area contributed by atoms with Gasteiger partial charge in [-0.3, -0.25) is 4.98 Å². The molecule has 0 N–H and O–H groups in total. The highest BCUT2D eigenvalue weighted by Gasteiger charge is 2.00. The second-order valence-corrected chi connectivity index (χ2v) is 2.49. The number of rotatable bonds is 1. The Bertz CT molecular complexity index is 310. The molecule has 0 aromatic carbocycles. The molecule has 0 spiro atoms. The van der Waals surface area contributed by atoms with Crippen LogP contribution in [-0.4, -0.2) is 4.98 Å². The van der Waals surface area contributed by atoms with Crippen LogP contribution < -0.4 is 28.5 Å². The van der Waals surface area contributed by atoms with Crippen LogP contribution in [0.2, 0.25) is 0 Å². The lowest BCUT2D eigenvalue weighted by atomic mass is 10.4. The fourth-order valence-corrected chi connectivity index (χ4v) is 1.08. The molecule has 0 aliphatic carbocycles. The number of hydrogen-bond donors (Lipinski definition) is 0. The summed E-state index contributed by atoms with van der Waals surface area (Å²) in [4.78, 5) is 4.04. The predicted octanol–water partition coefficient (Wildman–Crippen LogP) is -1.64. The second kappa shape index (κ2) is 4.91. The fraction of sp³-hybridized carbons (Fsp3) is 0. The Morgan fingerprint density at radius 2 is 1.77 bits per heavy atom. The van der Waals surface area contributed by atoms with Gasteiger partial charge in [-0.15, -0.1) is 0 Å². The molecule has 0 saturated carbocycles. The first-order valence-electron chi connectivity index (χ1n) is 3.83. The Labute approximate surface area is 94.3 Å². The largest absolute Gasteiger partial charge is 1.00 e. The minimum atomic E-state index is 0. The van der Waals surface area contributed by atoms with E-state index in [1.54, 1.807) is 6.20 Å². The number of halogens is 1. The van der Waals surface area contributed by atoms with Gasteiger partial charge in [0.05, 0.1) is 6.20 Å². The predicted molar refractivity (Wildman–Crippen MR) is 45.8 cm³/mol. The summed E-state index contributed by atoms with van der Waals surface area (Å²) in [5.41, 5.74) is 1.08. The van der Waals surface area contributed by atoms with E-state index in [4.69, 9.17) is 0 Å². The standard InChI is InChI=1S/C10H9N2.HI/c1-2-7-12(8-3-1)10-5-4-6-11-9-10;/h1-9H;1H/q+1;/p-1. The third kappa shape index (κ3) is 2.48. The van der Waals surface area contributed by atoms with Gasteiger partial charge < -0.3 is 24.0 Å². The van der Waals surface area contributed by atoms with E-state index in [2.05, 4.69) is 4.98 Å². The fourth-order valence-electron chi connectivity index (χ4n) is 1.08. The zero-order valence-corrected chi connectivity index (χ0v) is 9.13. The van der Waals surface area contributed by atoms with E-state index in [0.29, 0.717) is 0 Å². The van der Waals surface area contributed by atoms with Gasteiger partial charge in [-0.2, -0.15) is 4.57 Å². The summed E-state index contributed by atoms with van der Waals surface area (Å²) >= 11 is 0. The lowest BCUT2D eigenvalue weighted by molar-refractivity contribution is -0.596. The Kier molecular flexibility index (Phi) is 3.82. The molecular formula is C10H9IN2. The van der Waals surface area contributed by atoms with Crippen molar-refractivity contribution in [3.63, 3.8) is 0 Å². The van der Waals surface area contributed by atoms with Gasteiger partial charge in [-0.1, -0.05) is 6.07 Å². The summed E-state index contributed by atoms with van der Waals surface area (Å²) in [6, 6.07) is 9.93. The van der Waals surface area contributed by atoms with Gasteiger partial charge in [-0.25, -0.2) is 0 Å². The lowest BCUT2D eigenvalue weighted by Crippen LogP contribution is -3.00. The van der Waals surface area contributed by atoms with Gasteiger partial charge in [0.25, 0.3) is 0 Å². The van der Waals surface area contributed by atoms with Crippen LogP contribution >= 0.6 is 0 Å². The minimum Gasteiger partial charge on any atom is -1.00 e. The van der Waals surface area contributed by atoms with Gasteiger partial charge in [0.2, 0.25) is 5.69 Å². The average Bonchev–Trinajstić information content (AvgIpc) is 2.21. The van der Waals surface area contributed by atoms with E-state index in [-0.39, 0.29) is 24.0 Å². The summed E-state index contributed by atoms with van der Waals surface area (Å²) < 4.78 is 2.02. The summed E-state index contributed by atoms with van der Waals surface area (Å²) in [6.45, 7) is 0. The Hall–Kier alpha value is -0.970. The SMILES string of the molecule is [I-].c1cc[n+](-c2cccnc2)cc1. The van der Waals surface area contributed by atoms with Crippen LogP contribution in [0.4, 0.5) is 0 Å². The quantitative estimate of drug-likeness (QED) is 0.453. The zero-order valence-electron chi connectivity index (χ0n) is 6.97. The maximum absolute atomic E-state index is 4.04. The first kappa shape index (κ1) is 10.1. The molecule has 0 aliphatic rings. The third-order valence-electron chi connectivity index (χ3n) is 1.66. The van der Waals surface area contributed by atoms with Crippen LogP contribution in [0.15, 0.2) is 55.1 Å². The molecule has 2 aromatic heterocycles. The van der Waals surface area contributed by atoms with E-state index in [0.717, 1.165) is 5.69 Å². The van der Waals surface area contributed by atoms with Gasteiger partial charge in [-0.05, 0) is 6.07 Å². The number of nitrogens with zero attached hydrogens (tertiary/aromatic N) is 2. The number of pyridine rings is 2. The highest BCUT2D eigenvalue weighted by molar-refractivity contribution is 5.15. The first-order chi connectivity index (χ1) is 5.97. The van der Waals surface area contributed by atoms with E-state index in [9.17, 15) is 0 Å². The normalized spacial score (nSPS) is 8.92. The van der Waals surface area contributed by atoms with Crippen LogP contribution in [0.3, 0.4) is 0 Å². The molecule has 0 saturated heterocycles. The van der Waals surface area contributed by atoms with Crippen molar-refractivity contribution in [1.82, 2.24) is 4.98 Å². The molecule has 66 valence electrons. The summed E-state index contributed by atoms with van der Waals surface area (Å²) in [7, 11) is 0. The topological polar surface area (TPSA) is 16.8 Å². The summed E-state index contributed by atoms with van der Waals surface area (Å²) in [6.07, 6.45) is 7.60. The van der Waals surface area contributed by atoms with Crippen molar-refractivity contribution in [2.75, 3.05) is 0 Å². The highest BCUT2D eigenvalue weighted by atomic mass is 127. The maximum Gasteiger partial charge on any atom is 0.229 e. The molecule has 2 nitrogen and oxygen atoms in total. The van der Waals surface area contributed by atoms with Gasteiger partial charge in [0.15, 0.2) is 12.4 Å². The Balaban J connectivity index is 0.000000845. The molecule has 2 rings (SSSR count). The van der Waals surface area contributed by atoms with Crippen molar-refractivity contribution < 1.29 is 28.5 Å². The summed E-state index contributed by atoms with van der Waals surface area (Å²) in [5.74, 6) is 0. The molecule has 0 unspecified atom stereocenters. The summed E-state index contributed by atoms with van der Waals surface area (Å²) in [5, 5.41) is 0. The molecule has 13 heavy (non-hydrogen) atoms. The molecule has 2 aromatic rings. The molecule has 0 atom stereocenters. The maximum atomic E-state index is 4.04. The second-order valence-electron chi connectivity index (χ2n) is 2.49. The Morgan fingerprint density at radius 1 is 1.00 bits per heavy atom. The first-order valence-corrected chi connectivity index (χ1v) is 3.83. The zero-order chi connectivity index (χ0) is 8.23. The molecule has 2 heterocycles. The van der Waals surface area contributed by atoms with Crippen molar-refractivity contribution in [3.05, 3.63) is 55.1 Å². The molecule has 0 amide bonds. The van der Waals surface area contributed by atoms with Crippen molar-refractivity contribution >= 4 is 0 Å². The van der Waals surface area contributed by atoms with Gasteiger partial charge >= 0.3 is 0 Å². The van der Waals surface area contributed by atoms with Crippen LogP contribution in [0.25, 0.3) is 5.69 Å².